The molecule has 1 atom stereocenters. The van der Waals surface area contributed by atoms with Crippen LogP contribution in [0.1, 0.15) is 52.5 Å². The summed E-state index contributed by atoms with van der Waals surface area (Å²) < 4.78 is 0. The third-order valence-electron chi connectivity index (χ3n) is 6.07. The van der Waals surface area contributed by atoms with Crippen molar-refractivity contribution >= 4 is 11.8 Å². The van der Waals surface area contributed by atoms with E-state index in [0.717, 1.165) is 30.5 Å². The number of aromatic nitrogens is 2. The van der Waals surface area contributed by atoms with Crippen LogP contribution in [0.5, 0.6) is 0 Å². The van der Waals surface area contributed by atoms with Gasteiger partial charge in [0.25, 0.3) is 5.91 Å². The highest BCUT2D eigenvalue weighted by molar-refractivity contribution is 5.92. The Bertz CT molecular complexity index is 870. The topological polar surface area (TPSA) is 75.2 Å². The Morgan fingerprint density at radius 2 is 1.89 bits per heavy atom. The van der Waals surface area contributed by atoms with E-state index in [-0.39, 0.29) is 23.1 Å². The van der Waals surface area contributed by atoms with Gasteiger partial charge in [0.05, 0.1) is 17.8 Å². The highest BCUT2D eigenvalue weighted by atomic mass is 16.2. The number of hydrogen-bond acceptors (Lipinski definition) is 4. The molecule has 0 unspecified atom stereocenters. The summed E-state index contributed by atoms with van der Waals surface area (Å²) >= 11 is 0. The van der Waals surface area contributed by atoms with E-state index in [1.165, 1.54) is 5.56 Å². The molecule has 1 N–H and O–H groups in total. The van der Waals surface area contributed by atoms with Crippen LogP contribution in [0, 0.1) is 6.92 Å². The van der Waals surface area contributed by atoms with Crippen LogP contribution in [-0.4, -0.2) is 46.8 Å². The summed E-state index contributed by atoms with van der Waals surface area (Å²) in [5.74, 6) is -0.0874. The number of piperidine rings is 1. The van der Waals surface area contributed by atoms with Crippen LogP contribution in [0.15, 0.2) is 36.7 Å². The molecule has 2 heterocycles. The number of rotatable bonds is 2. The van der Waals surface area contributed by atoms with Gasteiger partial charge in [0.1, 0.15) is 5.69 Å². The van der Waals surface area contributed by atoms with Crippen molar-refractivity contribution < 1.29 is 9.59 Å². The van der Waals surface area contributed by atoms with E-state index in [0.29, 0.717) is 18.8 Å². The first-order valence-electron chi connectivity index (χ1n) is 9.43. The van der Waals surface area contributed by atoms with Gasteiger partial charge in [-0.3, -0.25) is 14.6 Å². The zero-order valence-corrected chi connectivity index (χ0v) is 15.7. The Labute approximate surface area is 159 Å². The lowest BCUT2D eigenvalue weighted by molar-refractivity contribution is -0.122. The molecular formula is C21H24N4O2. The molecule has 1 spiro atoms. The maximum absolute atomic E-state index is 12.7. The number of hydrogen-bond donors (Lipinski definition) is 1. The van der Waals surface area contributed by atoms with Gasteiger partial charge in [-0.05, 0) is 37.3 Å². The van der Waals surface area contributed by atoms with Crippen LogP contribution in [0.25, 0.3) is 0 Å². The summed E-state index contributed by atoms with van der Waals surface area (Å²) in [6.07, 6.45) is 5.72. The molecule has 0 radical (unpaired) electrons. The van der Waals surface area contributed by atoms with Gasteiger partial charge in [0.15, 0.2) is 0 Å². The summed E-state index contributed by atoms with van der Waals surface area (Å²) in [6.45, 7) is 3.19. The average molecular weight is 364 g/mol. The van der Waals surface area contributed by atoms with E-state index in [1.807, 2.05) is 24.0 Å². The van der Waals surface area contributed by atoms with Crippen molar-refractivity contribution in [3.63, 3.8) is 0 Å². The predicted molar refractivity (Wildman–Crippen MR) is 101 cm³/mol. The van der Waals surface area contributed by atoms with Gasteiger partial charge in [-0.15, -0.1) is 0 Å². The first-order valence-corrected chi connectivity index (χ1v) is 9.43. The highest BCUT2D eigenvalue weighted by Gasteiger charge is 2.47. The molecule has 1 saturated heterocycles. The fourth-order valence-corrected chi connectivity index (χ4v) is 4.58. The zero-order valence-electron chi connectivity index (χ0n) is 15.7. The van der Waals surface area contributed by atoms with Crippen molar-refractivity contribution in [1.29, 1.82) is 0 Å². The fraction of sp³-hybridized carbons (Fsp3) is 0.429. The van der Waals surface area contributed by atoms with Crippen LogP contribution in [0.3, 0.4) is 0 Å². The smallest absolute Gasteiger partial charge is 0.274 e. The molecule has 27 heavy (non-hydrogen) atoms. The Balaban J connectivity index is 1.54. The molecule has 6 nitrogen and oxygen atoms in total. The molecule has 1 aromatic carbocycles. The number of amides is 2. The minimum absolute atomic E-state index is 0.0243. The molecular weight excluding hydrogens is 340 g/mol. The fourth-order valence-electron chi connectivity index (χ4n) is 4.58. The van der Waals surface area contributed by atoms with Crippen LogP contribution < -0.4 is 5.32 Å². The van der Waals surface area contributed by atoms with Gasteiger partial charge < -0.3 is 10.2 Å². The van der Waals surface area contributed by atoms with Crippen molar-refractivity contribution in [3.05, 3.63) is 59.2 Å². The number of carbonyl (C=O) groups is 2. The lowest BCUT2D eigenvalue weighted by Crippen LogP contribution is -2.45. The van der Waals surface area contributed by atoms with E-state index < -0.39 is 0 Å². The SMILES string of the molecule is CNC(=O)[C@H]1CC2(CCN(C(=O)c3cnc(C)cn3)CC2)c2ccccc21. The van der Waals surface area contributed by atoms with Crippen molar-refractivity contribution in [2.24, 2.45) is 0 Å². The number of carbonyl (C=O) groups excluding carboxylic acids is 2. The van der Waals surface area contributed by atoms with Crippen LogP contribution in [-0.2, 0) is 10.2 Å². The molecule has 1 aliphatic carbocycles. The molecule has 2 aromatic rings. The Morgan fingerprint density at radius 3 is 2.56 bits per heavy atom. The molecule has 4 rings (SSSR count). The summed E-state index contributed by atoms with van der Waals surface area (Å²) in [7, 11) is 1.69. The largest absolute Gasteiger partial charge is 0.359 e. The summed E-state index contributed by atoms with van der Waals surface area (Å²) in [6, 6.07) is 8.28. The van der Waals surface area contributed by atoms with E-state index in [1.54, 1.807) is 19.4 Å². The van der Waals surface area contributed by atoms with Gasteiger partial charge in [0.2, 0.25) is 5.91 Å². The standard InChI is InChI=1S/C21H24N4O2/c1-14-12-24-18(13-23-14)20(27)25-9-7-21(8-10-25)11-16(19(26)22-2)15-5-3-4-6-17(15)21/h3-6,12-13,16H,7-11H2,1-2H3,(H,22,26)/t16-/m0/s1. The lowest BCUT2D eigenvalue weighted by Gasteiger charge is -2.40. The first kappa shape index (κ1) is 17.6. The van der Waals surface area contributed by atoms with Gasteiger partial charge in [-0.1, -0.05) is 24.3 Å². The monoisotopic (exact) mass is 364 g/mol. The molecule has 2 amide bonds. The zero-order chi connectivity index (χ0) is 19.0. The second-order valence-electron chi connectivity index (χ2n) is 7.57. The predicted octanol–water partition coefficient (Wildman–Crippen LogP) is 2.19. The minimum atomic E-state index is -0.101. The van der Waals surface area contributed by atoms with Crippen molar-refractivity contribution in [2.45, 2.75) is 37.5 Å². The molecule has 2 aliphatic rings. The molecule has 1 aromatic heterocycles. The number of nitrogens with zero attached hydrogens (tertiary/aromatic N) is 3. The van der Waals surface area contributed by atoms with Gasteiger partial charge in [-0.25, -0.2) is 4.98 Å². The number of fused-ring (bicyclic) bond motifs is 2. The lowest BCUT2D eigenvalue weighted by atomic mass is 9.73. The molecule has 1 fully saturated rings. The second-order valence-corrected chi connectivity index (χ2v) is 7.57. The molecule has 6 heteroatoms. The highest BCUT2D eigenvalue weighted by Crippen LogP contribution is 2.51. The Morgan fingerprint density at radius 1 is 1.15 bits per heavy atom. The van der Waals surface area contributed by atoms with E-state index in [2.05, 4.69) is 27.4 Å². The second kappa shape index (κ2) is 6.76. The van der Waals surface area contributed by atoms with Crippen LogP contribution >= 0.6 is 0 Å². The Hall–Kier alpha value is -2.76. The van der Waals surface area contributed by atoms with Crippen molar-refractivity contribution in [3.8, 4) is 0 Å². The normalized spacial score (nSPS) is 20.4. The number of nitrogens with one attached hydrogen (secondary N) is 1. The third-order valence-corrected chi connectivity index (χ3v) is 6.07. The average Bonchev–Trinajstić information content (AvgIpc) is 3.02. The molecule has 0 saturated carbocycles. The third kappa shape index (κ3) is 2.99. The van der Waals surface area contributed by atoms with Crippen molar-refractivity contribution in [2.75, 3.05) is 20.1 Å². The Kier molecular flexibility index (Phi) is 4.42. The van der Waals surface area contributed by atoms with Gasteiger partial charge in [0, 0.05) is 31.7 Å². The van der Waals surface area contributed by atoms with Crippen LogP contribution in [0.4, 0.5) is 0 Å². The van der Waals surface area contributed by atoms with E-state index in [4.69, 9.17) is 0 Å². The van der Waals surface area contributed by atoms with Crippen LogP contribution in [0.2, 0.25) is 0 Å². The molecule has 1 aliphatic heterocycles. The van der Waals surface area contributed by atoms with E-state index >= 15 is 0 Å². The van der Waals surface area contributed by atoms with E-state index in [9.17, 15) is 9.59 Å². The first-order chi connectivity index (χ1) is 13.0. The number of likely N-dealkylation sites (N-methyl/N-ethyl adjacent to an activating group) is 1. The van der Waals surface area contributed by atoms with Gasteiger partial charge in [-0.2, -0.15) is 0 Å². The summed E-state index contributed by atoms with van der Waals surface area (Å²) in [4.78, 5) is 35.4. The maximum atomic E-state index is 12.7. The summed E-state index contributed by atoms with van der Waals surface area (Å²) in [5.41, 5.74) is 3.59. The molecule has 140 valence electrons. The summed E-state index contributed by atoms with van der Waals surface area (Å²) in [5, 5.41) is 2.80. The number of benzene rings is 1. The quantitative estimate of drug-likeness (QED) is 0.886. The van der Waals surface area contributed by atoms with Gasteiger partial charge >= 0.3 is 0 Å². The number of likely N-dealkylation sites (tertiary alicyclic amines) is 1. The number of aryl methyl sites for hydroxylation is 1. The van der Waals surface area contributed by atoms with Crippen molar-refractivity contribution in [1.82, 2.24) is 20.2 Å². The molecule has 0 bridgehead atoms. The minimum Gasteiger partial charge on any atom is -0.359 e. The maximum Gasteiger partial charge on any atom is 0.274 e.